The second kappa shape index (κ2) is 12.9. The summed E-state index contributed by atoms with van der Waals surface area (Å²) in [6, 6.07) is 5.16. The molecule has 11 heteroatoms. The maximum absolute atomic E-state index is 12.3. The van der Waals surface area contributed by atoms with Gasteiger partial charge in [-0.2, -0.15) is 0 Å². The Morgan fingerprint density at radius 2 is 2.13 bits per heavy atom. The number of methoxy groups -OCH3 is 1. The molecule has 1 saturated heterocycles. The van der Waals surface area contributed by atoms with E-state index in [1.54, 1.807) is 43.5 Å². The smallest absolute Gasteiger partial charge is 0.237 e. The van der Waals surface area contributed by atoms with Crippen LogP contribution in [0.5, 0.6) is 5.75 Å². The number of rotatable bonds is 11. The number of nitrogens with one attached hydrogen (secondary N) is 1. The molecule has 39 heavy (non-hydrogen) atoms. The average Bonchev–Trinajstić information content (AvgIpc) is 3.74. The van der Waals surface area contributed by atoms with E-state index in [2.05, 4.69) is 27.1 Å². The van der Waals surface area contributed by atoms with Gasteiger partial charge >= 0.3 is 0 Å². The quantitative estimate of drug-likeness (QED) is 0.249. The van der Waals surface area contributed by atoms with E-state index in [-0.39, 0.29) is 17.7 Å². The largest absolute Gasteiger partial charge is 0.487 e. The fraction of sp³-hybridized carbons (Fsp3) is 0.500. The summed E-state index contributed by atoms with van der Waals surface area (Å²) in [5, 5.41) is 13.8. The molecule has 1 aliphatic heterocycles. The third-order valence-electron chi connectivity index (χ3n) is 6.57. The van der Waals surface area contributed by atoms with Gasteiger partial charge in [-0.25, -0.2) is 9.97 Å². The van der Waals surface area contributed by atoms with E-state index in [0.717, 1.165) is 19.4 Å². The number of aromatic nitrogens is 2. The van der Waals surface area contributed by atoms with Gasteiger partial charge in [0, 0.05) is 57.5 Å². The first-order valence-electron chi connectivity index (χ1n) is 13.0. The average molecular weight is 537 g/mol. The minimum absolute atomic E-state index is 0.0124. The van der Waals surface area contributed by atoms with E-state index >= 15 is 0 Å². The summed E-state index contributed by atoms with van der Waals surface area (Å²) in [4.78, 5) is 38.2. The maximum Gasteiger partial charge on any atom is 0.237 e. The highest BCUT2D eigenvalue weighted by molar-refractivity contribution is 5.80. The molecule has 2 fully saturated rings. The lowest BCUT2D eigenvalue weighted by Crippen LogP contribution is -2.48. The Morgan fingerprint density at radius 1 is 1.33 bits per heavy atom. The summed E-state index contributed by atoms with van der Waals surface area (Å²) in [6.45, 7) is 4.33. The number of aliphatic hydroxyl groups is 1. The van der Waals surface area contributed by atoms with E-state index in [1.165, 1.54) is 4.90 Å². The number of ether oxygens (including phenoxy) is 2. The fourth-order valence-electron chi connectivity index (χ4n) is 4.08. The summed E-state index contributed by atoms with van der Waals surface area (Å²) < 4.78 is 11.2. The van der Waals surface area contributed by atoms with Crippen LogP contribution in [0.3, 0.4) is 0 Å². The number of aliphatic hydroxyl groups excluding tert-OH is 1. The Morgan fingerprint density at radius 3 is 2.82 bits per heavy atom. The van der Waals surface area contributed by atoms with E-state index in [9.17, 15) is 14.7 Å². The zero-order chi connectivity index (χ0) is 27.9. The Bertz CT molecular complexity index is 1240. The highest BCUT2D eigenvalue weighted by atomic mass is 16.5. The van der Waals surface area contributed by atoms with Gasteiger partial charge < -0.3 is 29.7 Å². The molecule has 4 rings (SSSR count). The van der Waals surface area contributed by atoms with Crippen LogP contribution in [-0.2, 0) is 16.1 Å². The first-order valence-corrected chi connectivity index (χ1v) is 13.0. The van der Waals surface area contributed by atoms with Crippen molar-refractivity contribution in [3.05, 3.63) is 41.2 Å². The number of anilines is 2. The van der Waals surface area contributed by atoms with Gasteiger partial charge in [0.15, 0.2) is 6.29 Å². The number of aldehydes is 1. The molecule has 1 unspecified atom stereocenters. The van der Waals surface area contributed by atoms with Gasteiger partial charge in [-0.05, 0) is 32.9 Å². The Labute approximate surface area is 229 Å². The van der Waals surface area contributed by atoms with Crippen LogP contribution in [0.2, 0.25) is 0 Å². The van der Waals surface area contributed by atoms with Crippen molar-refractivity contribution in [3.63, 3.8) is 0 Å². The van der Waals surface area contributed by atoms with Gasteiger partial charge in [0.1, 0.15) is 29.2 Å². The highest BCUT2D eigenvalue weighted by Gasteiger charge is 2.23. The van der Waals surface area contributed by atoms with Crippen molar-refractivity contribution in [3.8, 4) is 17.6 Å². The predicted octanol–water partition coefficient (Wildman–Crippen LogP) is 1.56. The molecule has 1 amide bonds. The van der Waals surface area contributed by atoms with Crippen LogP contribution < -0.4 is 15.0 Å². The molecule has 2 aliphatic rings. The van der Waals surface area contributed by atoms with E-state index in [1.807, 2.05) is 18.9 Å². The number of piperazine rings is 1. The van der Waals surface area contributed by atoms with Crippen molar-refractivity contribution >= 4 is 23.8 Å². The Balaban J connectivity index is 1.46. The second-order valence-corrected chi connectivity index (χ2v) is 10.0. The molecule has 0 bridgehead atoms. The molecule has 1 saturated carbocycles. The fourth-order valence-corrected chi connectivity index (χ4v) is 4.08. The highest BCUT2D eigenvalue weighted by Crippen LogP contribution is 2.29. The topological polar surface area (TPSA) is 120 Å². The van der Waals surface area contributed by atoms with Gasteiger partial charge in [0.25, 0.3) is 0 Å². The van der Waals surface area contributed by atoms with Crippen molar-refractivity contribution in [1.82, 2.24) is 19.8 Å². The third kappa shape index (κ3) is 7.66. The molecular weight excluding hydrogens is 500 g/mol. The van der Waals surface area contributed by atoms with Gasteiger partial charge in [0.2, 0.25) is 12.3 Å². The Hall–Kier alpha value is -3.72. The number of likely N-dealkylation sites (N-methyl/N-ethyl adjacent to an activating group) is 1. The first-order chi connectivity index (χ1) is 18.8. The number of carbonyl (C=O) groups is 2. The molecule has 0 spiro atoms. The lowest BCUT2D eigenvalue weighted by molar-refractivity contribution is -0.136. The van der Waals surface area contributed by atoms with E-state index in [0.29, 0.717) is 67.0 Å². The molecule has 2 aromatic rings. The number of amides is 1. The SMILES string of the molecule is COC[C@@H](C)Oc1cc(NC(O)N(C)c2ccc(CN3CCN(C)CC3=O)c(C=O)n2)ncc1C#CC1CC1. The van der Waals surface area contributed by atoms with Crippen LogP contribution in [0.1, 0.15) is 41.4 Å². The molecule has 2 aromatic heterocycles. The zero-order valence-corrected chi connectivity index (χ0v) is 22.9. The van der Waals surface area contributed by atoms with Gasteiger partial charge in [-0.3, -0.25) is 14.5 Å². The zero-order valence-electron chi connectivity index (χ0n) is 22.9. The standard InChI is InChI=1S/C28H36N6O5/c1-19(18-38-4)39-24-13-25(29-14-21(24)8-7-20-5-6-20)31-28(37)33(3)26-10-9-22(23(17-35)30-26)15-34-12-11-32(2)16-27(34)36/h9-10,13-14,17,19-20,28,37H,5-6,11-12,15-16,18H2,1-4H3,(H,29,31)/t19-,28?/m1/s1. The predicted molar refractivity (Wildman–Crippen MR) is 146 cm³/mol. The second-order valence-electron chi connectivity index (χ2n) is 10.0. The number of hydrogen-bond acceptors (Lipinski definition) is 10. The summed E-state index contributed by atoms with van der Waals surface area (Å²) in [5.74, 6) is 8.13. The maximum atomic E-state index is 12.3. The summed E-state index contributed by atoms with van der Waals surface area (Å²) in [7, 11) is 5.16. The minimum Gasteiger partial charge on any atom is -0.487 e. The molecule has 0 radical (unpaired) electrons. The summed E-state index contributed by atoms with van der Waals surface area (Å²) >= 11 is 0. The van der Waals surface area contributed by atoms with Crippen molar-refractivity contribution in [2.45, 2.75) is 38.8 Å². The van der Waals surface area contributed by atoms with E-state index in [4.69, 9.17) is 9.47 Å². The molecule has 3 heterocycles. The van der Waals surface area contributed by atoms with Gasteiger partial charge in [0.05, 0.1) is 18.7 Å². The van der Waals surface area contributed by atoms with Crippen LogP contribution in [-0.4, -0.2) is 97.0 Å². The molecule has 2 N–H and O–H groups in total. The van der Waals surface area contributed by atoms with Crippen molar-refractivity contribution < 1.29 is 24.2 Å². The van der Waals surface area contributed by atoms with Crippen molar-refractivity contribution in [2.75, 3.05) is 57.7 Å². The molecule has 208 valence electrons. The van der Waals surface area contributed by atoms with Crippen LogP contribution in [0.4, 0.5) is 11.6 Å². The molecule has 11 nitrogen and oxygen atoms in total. The number of hydrogen-bond donors (Lipinski definition) is 2. The lowest BCUT2D eigenvalue weighted by Gasteiger charge is -2.32. The van der Waals surface area contributed by atoms with Gasteiger partial charge in [-0.1, -0.05) is 17.9 Å². The van der Waals surface area contributed by atoms with Crippen LogP contribution in [0.25, 0.3) is 0 Å². The minimum atomic E-state index is -1.21. The number of carbonyl (C=O) groups excluding carboxylic acids is 2. The van der Waals surface area contributed by atoms with E-state index < -0.39 is 6.35 Å². The van der Waals surface area contributed by atoms with Crippen molar-refractivity contribution in [2.24, 2.45) is 5.92 Å². The normalized spacial score (nSPS) is 17.2. The molecule has 1 aliphatic carbocycles. The molecule has 2 atom stereocenters. The van der Waals surface area contributed by atoms with Crippen LogP contribution in [0.15, 0.2) is 24.4 Å². The van der Waals surface area contributed by atoms with Crippen LogP contribution >= 0.6 is 0 Å². The van der Waals surface area contributed by atoms with Crippen molar-refractivity contribution in [1.29, 1.82) is 0 Å². The lowest BCUT2D eigenvalue weighted by atomic mass is 10.1. The molecule has 0 aromatic carbocycles. The Kier molecular flexibility index (Phi) is 9.35. The number of nitrogens with zero attached hydrogens (tertiary/aromatic N) is 5. The number of pyridine rings is 2. The summed E-state index contributed by atoms with van der Waals surface area (Å²) in [6.07, 6.45) is 3.11. The summed E-state index contributed by atoms with van der Waals surface area (Å²) in [5.41, 5.74) is 1.54. The third-order valence-corrected chi connectivity index (χ3v) is 6.57. The van der Waals surface area contributed by atoms with Crippen LogP contribution in [0, 0.1) is 17.8 Å². The molecular formula is C28H36N6O5. The monoisotopic (exact) mass is 536 g/mol. The van der Waals surface area contributed by atoms with Gasteiger partial charge in [-0.15, -0.1) is 0 Å². The first kappa shape index (κ1) is 28.3.